The van der Waals surface area contributed by atoms with Gasteiger partial charge in [0, 0.05) is 0 Å². The molecular weight excluding hydrogens is 201 g/mol. The lowest BCUT2D eigenvalue weighted by atomic mass is 10.1. The average Bonchev–Trinajstić information content (AvgIpc) is 1.97. The zero-order chi connectivity index (χ0) is 10.6. The maximum Gasteiger partial charge on any atom is 0.265 e. The van der Waals surface area contributed by atoms with Gasteiger partial charge in [-0.1, -0.05) is 0 Å². The van der Waals surface area contributed by atoms with Crippen LogP contribution in [0.25, 0.3) is 0 Å². The van der Waals surface area contributed by atoms with E-state index >= 15 is 0 Å². The van der Waals surface area contributed by atoms with Gasteiger partial charge >= 0.3 is 0 Å². The number of hydrogen-bond donors (Lipinski definition) is 4. The molecule has 0 radical (unpaired) electrons. The second kappa shape index (κ2) is 5.02. The second-order valence-corrected chi connectivity index (χ2v) is 3.85. The smallest absolute Gasteiger partial charge is 0.265 e. The molecular formula is C5H13NO6P-. The van der Waals surface area contributed by atoms with Crippen molar-refractivity contribution in [2.45, 2.75) is 25.2 Å². The standard InChI is InChI=1S/C5H14NO6P/c1-3(7)5(8)4(6)2-12-13(9,10)11/h3-5,7-8H,2,6H2,1H3,(H2,9,10,11)/p-1/t3-,4-,5+/m1/s1. The van der Waals surface area contributed by atoms with Gasteiger partial charge in [0.05, 0.1) is 24.9 Å². The Balaban J connectivity index is 3.88. The lowest BCUT2D eigenvalue weighted by molar-refractivity contribution is -0.220. The van der Waals surface area contributed by atoms with Crippen LogP contribution < -0.4 is 10.6 Å². The molecule has 0 aliphatic heterocycles. The first-order valence-electron chi connectivity index (χ1n) is 3.54. The van der Waals surface area contributed by atoms with Gasteiger partial charge < -0.3 is 30.3 Å². The van der Waals surface area contributed by atoms with Crippen molar-refractivity contribution in [2.75, 3.05) is 6.61 Å². The van der Waals surface area contributed by atoms with Crippen LogP contribution >= 0.6 is 7.82 Å². The molecule has 7 nitrogen and oxygen atoms in total. The third kappa shape index (κ3) is 6.11. The van der Waals surface area contributed by atoms with Gasteiger partial charge in [0.1, 0.15) is 0 Å². The molecule has 0 aromatic carbocycles. The summed E-state index contributed by atoms with van der Waals surface area (Å²) in [5.41, 5.74) is 5.22. The van der Waals surface area contributed by atoms with E-state index < -0.39 is 32.7 Å². The first kappa shape index (κ1) is 13.0. The van der Waals surface area contributed by atoms with Gasteiger partial charge in [-0.3, -0.25) is 4.57 Å². The Morgan fingerprint density at radius 1 is 1.62 bits per heavy atom. The molecule has 0 aromatic rings. The van der Waals surface area contributed by atoms with Crippen LogP contribution in [0.2, 0.25) is 0 Å². The summed E-state index contributed by atoms with van der Waals surface area (Å²) in [6.45, 7) is 0.712. The topological polar surface area (TPSA) is 136 Å². The van der Waals surface area contributed by atoms with Crippen molar-refractivity contribution in [3.05, 3.63) is 0 Å². The molecule has 5 N–H and O–H groups in total. The highest BCUT2D eigenvalue weighted by atomic mass is 31.2. The molecule has 0 aliphatic carbocycles. The first-order chi connectivity index (χ1) is 5.74. The van der Waals surface area contributed by atoms with E-state index in [9.17, 15) is 9.46 Å². The summed E-state index contributed by atoms with van der Waals surface area (Å²) in [6.07, 6.45) is -2.39. The number of phosphoric acid groups is 1. The predicted molar refractivity (Wildman–Crippen MR) is 41.4 cm³/mol. The van der Waals surface area contributed by atoms with E-state index in [2.05, 4.69) is 4.52 Å². The van der Waals surface area contributed by atoms with E-state index in [-0.39, 0.29) is 0 Å². The van der Waals surface area contributed by atoms with Gasteiger partial charge in [-0.2, -0.15) is 0 Å². The largest absolute Gasteiger partial charge is 0.756 e. The monoisotopic (exact) mass is 214 g/mol. The Bertz CT molecular complexity index is 191. The SMILES string of the molecule is C[C@@H](O)[C@H](O)[C@H](N)COP(=O)([O-])O. The highest BCUT2D eigenvalue weighted by molar-refractivity contribution is 7.44. The molecule has 0 saturated heterocycles. The normalized spacial score (nSPS) is 23.2. The Morgan fingerprint density at radius 2 is 2.08 bits per heavy atom. The van der Waals surface area contributed by atoms with E-state index in [1.165, 1.54) is 6.92 Å². The van der Waals surface area contributed by atoms with Crippen LogP contribution in [0.1, 0.15) is 6.92 Å². The highest BCUT2D eigenvalue weighted by Gasteiger charge is 2.21. The fourth-order valence-electron chi connectivity index (χ4n) is 0.637. The van der Waals surface area contributed by atoms with E-state index in [0.717, 1.165) is 0 Å². The van der Waals surface area contributed by atoms with Crippen molar-refractivity contribution in [1.29, 1.82) is 0 Å². The summed E-state index contributed by atoms with van der Waals surface area (Å²) in [4.78, 5) is 18.3. The fourth-order valence-corrected chi connectivity index (χ4v) is 0.997. The fraction of sp³-hybridized carbons (Fsp3) is 1.00. The number of nitrogens with two attached hydrogens (primary N) is 1. The van der Waals surface area contributed by atoms with Crippen molar-refractivity contribution in [2.24, 2.45) is 5.73 Å². The van der Waals surface area contributed by atoms with Crippen LogP contribution in [0.3, 0.4) is 0 Å². The van der Waals surface area contributed by atoms with Crippen molar-refractivity contribution in [3.8, 4) is 0 Å². The summed E-state index contributed by atoms with van der Waals surface area (Å²) in [6, 6.07) is -1.07. The minimum atomic E-state index is -4.81. The number of phosphoric ester groups is 1. The molecule has 1 unspecified atom stereocenters. The molecule has 0 saturated carbocycles. The Morgan fingerprint density at radius 3 is 2.38 bits per heavy atom. The zero-order valence-electron chi connectivity index (χ0n) is 7.03. The second-order valence-electron chi connectivity index (χ2n) is 2.66. The maximum absolute atomic E-state index is 10.1. The molecule has 13 heavy (non-hydrogen) atoms. The van der Waals surface area contributed by atoms with Gasteiger partial charge in [-0.15, -0.1) is 0 Å². The molecule has 0 heterocycles. The first-order valence-corrected chi connectivity index (χ1v) is 5.03. The molecule has 0 bridgehead atoms. The van der Waals surface area contributed by atoms with Crippen LogP contribution in [0, 0.1) is 0 Å². The number of aliphatic hydroxyl groups excluding tert-OH is 2. The molecule has 0 amide bonds. The van der Waals surface area contributed by atoms with Crippen LogP contribution in [-0.2, 0) is 9.09 Å². The number of hydrogen-bond acceptors (Lipinski definition) is 6. The van der Waals surface area contributed by atoms with Crippen molar-refractivity contribution < 1.29 is 29.1 Å². The summed E-state index contributed by atoms with van der Waals surface area (Å²) < 4.78 is 14.0. The highest BCUT2D eigenvalue weighted by Crippen LogP contribution is 2.30. The average molecular weight is 214 g/mol. The minimum absolute atomic E-state index is 0.580. The van der Waals surface area contributed by atoms with Crippen LogP contribution in [0.15, 0.2) is 0 Å². The van der Waals surface area contributed by atoms with Crippen molar-refractivity contribution in [3.63, 3.8) is 0 Å². The van der Waals surface area contributed by atoms with Crippen LogP contribution in [0.5, 0.6) is 0 Å². The van der Waals surface area contributed by atoms with E-state index in [4.69, 9.17) is 20.8 Å². The van der Waals surface area contributed by atoms with Crippen molar-refractivity contribution in [1.82, 2.24) is 0 Å². The quantitative estimate of drug-likeness (QED) is 0.372. The number of aliphatic hydroxyl groups is 2. The third-order valence-corrected chi connectivity index (χ3v) is 1.84. The summed E-state index contributed by atoms with van der Waals surface area (Å²) >= 11 is 0. The minimum Gasteiger partial charge on any atom is -0.756 e. The molecule has 0 spiro atoms. The van der Waals surface area contributed by atoms with Crippen LogP contribution in [-0.4, -0.2) is 40.0 Å². The van der Waals surface area contributed by atoms with Crippen molar-refractivity contribution >= 4 is 7.82 Å². The summed E-state index contributed by atoms with van der Waals surface area (Å²) in [5.74, 6) is 0. The molecule has 0 aliphatic rings. The Kier molecular flexibility index (Phi) is 5.01. The molecule has 80 valence electrons. The maximum atomic E-state index is 10.1. The molecule has 8 heteroatoms. The Labute approximate surface area is 75.4 Å². The molecule has 0 rings (SSSR count). The molecule has 4 atom stereocenters. The Hall–Kier alpha value is -0.0100. The van der Waals surface area contributed by atoms with Gasteiger partial charge in [0.25, 0.3) is 7.82 Å². The van der Waals surface area contributed by atoms with Crippen LogP contribution in [0.4, 0.5) is 0 Å². The summed E-state index contributed by atoms with van der Waals surface area (Å²) in [5, 5.41) is 17.9. The molecule has 0 aromatic heterocycles. The van der Waals surface area contributed by atoms with Gasteiger partial charge in [0.15, 0.2) is 0 Å². The predicted octanol–water partition coefficient (Wildman–Crippen LogP) is -2.47. The van der Waals surface area contributed by atoms with Gasteiger partial charge in [-0.05, 0) is 6.92 Å². The zero-order valence-corrected chi connectivity index (χ0v) is 7.92. The molecule has 0 fully saturated rings. The van der Waals surface area contributed by atoms with E-state index in [1.807, 2.05) is 0 Å². The van der Waals surface area contributed by atoms with Gasteiger partial charge in [-0.25, -0.2) is 0 Å². The number of rotatable bonds is 5. The lowest BCUT2D eigenvalue weighted by Crippen LogP contribution is -2.44. The third-order valence-electron chi connectivity index (χ3n) is 1.36. The van der Waals surface area contributed by atoms with Gasteiger partial charge in [0.2, 0.25) is 0 Å². The van der Waals surface area contributed by atoms with E-state index in [1.54, 1.807) is 0 Å². The lowest BCUT2D eigenvalue weighted by Gasteiger charge is -2.23. The van der Waals surface area contributed by atoms with E-state index in [0.29, 0.717) is 0 Å². The summed E-state index contributed by atoms with van der Waals surface area (Å²) in [7, 11) is -4.81.